The van der Waals surface area contributed by atoms with Gasteiger partial charge in [-0.05, 0) is 45.5 Å². The zero-order valence-electron chi connectivity index (χ0n) is 15.7. The molecule has 1 saturated heterocycles. The van der Waals surface area contributed by atoms with Crippen LogP contribution >= 0.6 is 11.3 Å². The molecule has 7 heteroatoms. The minimum atomic E-state index is -0.0571. The van der Waals surface area contributed by atoms with Gasteiger partial charge in [0.05, 0.1) is 16.3 Å². The molecule has 0 saturated carbocycles. The molecular weight excluding hydrogens is 356 g/mol. The number of rotatable bonds is 5. The van der Waals surface area contributed by atoms with Gasteiger partial charge >= 0.3 is 0 Å². The second-order valence-electron chi connectivity index (χ2n) is 6.47. The highest BCUT2D eigenvalue weighted by molar-refractivity contribution is 7.17. The van der Waals surface area contributed by atoms with E-state index in [9.17, 15) is 0 Å². The normalized spacial score (nSPS) is 14.2. The summed E-state index contributed by atoms with van der Waals surface area (Å²) in [5.41, 5.74) is 14.4. The van der Waals surface area contributed by atoms with E-state index in [0.29, 0.717) is 0 Å². The minimum Gasteiger partial charge on any atom is -0.369 e. The van der Waals surface area contributed by atoms with E-state index < -0.39 is 0 Å². The molecule has 0 aliphatic carbocycles. The van der Waals surface area contributed by atoms with Crippen LogP contribution in [0.4, 0.5) is 0 Å². The largest absolute Gasteiger partial charge is 0.369 e. The van der Waals surface area contributed by atoms with E-state index in [-0.39, 0.29) is 5.96 Å². The fourth-order valence-corrected chi connectivity index (χ4v) is 3.73. The second kappa shape index (κ2) is 8.80. The minimum absolute atomic E-state index is 0.0571. The lowest BCUT2D eigenvalue weighted by Gasteiger charge is -2.29. The van der Waals surface area contributed by atoms with E-state index >= 15 is 0 Å². The maximum absolute atomic E-state index is 5.33. The Bertz CT molecular complexity index is 906. The summed E-state index contributed by atoms with van der Waals surface area (Å²) in [6, 6.07) is 8.21. The first-order valence-corrected chi connectivity index (χ1v) is 9.77. The zero-order chi connectivity index (χ0) is 19.2. The number of nitrogens with two attached hydrogens (primary N) is 2. The van der Waals surface area contributed by atoms with Crippen molar-refractivity contribution in [1.82, 2.24) is 9.88 Å². The molecule has 2 aromatic rings. The van der Waals surface area contributed by atoms with E-state index in [1.165, 1.54) is 19.5 Å². The first-order chi connectivity index (χ1) is 13.0. The third kappa shape index (κ3) is 5.16. The van der Waals surface area contributed by atoms with Gasteiger partial charge in [0, 0.05) is 24.1 Å². The molecule has 0 amide bonds. The predicted octanol–water partition coefficient (Wildman–Crippen LogP) is 2.56. The van der Waals surface area contributed by atoms with E-state index in [2.05, 4.69) is 44.1 Å². The van der Waals surface area contributed by atoms with Crippen LogP contribution in [0.3, 0.4) is 0 Å². The summed E-state index contributed by atoms with van der Waals surface area (Å²) >= 11 is 1.58. The molecule has 27 heavy (non-hydrogen) atoms. The van der Waals surface area contributed by atoms with Crippen molar-refractivity contribution in [2.75, 3.05) is 19.6 Å². The van der Waals surface area contributed by atoms with Gasteiger partial charge < -0.3 is 16.4 Å². The number of nitrogens with zero attached hydrogens (tertiary/aromatic N) is 4. The molecule has 0 atom stereocenters. The molecule has 2 heterocycles. The number of guanidine groups is 1. The Kier molecular flexibility index (Phi) is 6.22. The van der Waals surface area contributed by atoms with Crippen LogP contribution in [-0.4, -0.2) is 41.2 Å². The van der Waals surface area contributed by atoms with Crippen LogP contribution < -0.4 is 11.5 Å². The SMILES string of the molecule is C/C(=N\N=C(N)N)c1sc(-c2ccc(C#CCCN3CCC3)cc2)nc1C. The van der Waals surface area contributed by atoms with Crippen molar-refractivity contribution in [1.29, 1.82) is 0 Å². The lowest BCUT2D eigenvalue weighted by Crippen LogP contribution is -2.37. The molecule has 1 fully saturated rings. The number of likely N-dealkylation sites (tertiary alicyclic amines) is 1. The number of aromatic nitrogens is 1. The molecule has 0 unspecified atom stereocenters. The van der Waals surface area contributed by atoms with Gasteiger partial charge in [-0.2, -0.15) is 5.10 Å². The van der Waals surface area contributed by atoms with Crippen LogP contribution in [0.1, 0.15) is 35.9 Å². The average Bonchev–Trinajstić information content (AvgIpc) is 3.00. The van der Waals surface area contributed by atoms with Crippen LogP contribution in [0.15, 0.2) is 34.5 Å². The molecule has 6 nitrogen and oxygen atoms in total. The van der Waals surface area contributed by atoms with E-state index in [1.807, 2.05) is 26.0 Å². The fraction of sp³-hybridized carbons (Fsp3) is 0.350. The van der Waals surface area contributed by atoms with Gasteiger partial charge in [-0.25, -0.2) is 4.98 Å². The Morgan fingerprint density at radius 2 is 1.96 bits per heavy atom. The molecule has 1 aromatic heterocycles. The highest BCUT2D eigenvalue weighted by Crippen LogP contribution is 2.28. The number of aryl methyl sites for hydroxylation is 1. The molecular formula is C20H24N6S. The van der Waals surface area contributed by atoms with Gasteiger partial charge in [-0.1, -0.05) is 24.0 Å². The van der Waals surface area contributed by atoms with Crippen LogP contribution in [-0.2, 0) is 0 Å². The standard InChI is InChI=1S/C20H24N6S/c1-14-18(15(2)24-25-20(21)22)27-19(23-14)17-9-7-16(8-10-17)6-3-4-11-26-12-5-13-26/h7-10H,4-5,11-13H2,1-2H3,(H4,21,22,25)/b24-15+. The monoisotopic (exact) mass is 380 g/mol. The lowest BCUT2D eigenvalue weighted by atomic mass is 10.1. The Morgan fingerprint density at radius 1 is 1.22 bits per heavy atom. The number of hydrogen-bond acceptors (Lipinski definition) is 5. The summed E-state index contributed by atoms with van der Waals surface area (Å²) in [6.45, 7) is 7.36. The Labute approximate surface area is 164 Å². The van der Waals surface area contributed by atoms with Gasteiger partial charge in [0.15, 0.2) is 0 Å². The molecule has 0 bridgehead atoms. The van der Waals surface area contributed by atoms with E-state index in [1.54, 1.807) is 11.3 Å². The predicted molar refractivity (Wildman–Crippen MR) is 113 cm³/mol. The van der Waals surface area contributed by atoms with Gasteiger partial charge in [0.2, 0.25) is 5.96 Å². The molecule has 0 spiro atoms. The van der Waals surface area contributed by atoms with Crippen LogP contribution in [0, 0.1) is 18.8 Å². The summed E-state index contributed by atoms with van der Waals surface area (Å²) in [7, 11) is 0. The second-order valence-corrected chi connectivity index (χ2v) is 7.47. The summed E-state index contributed by atoms with van der Waals surface area (Å²) < 4.78 is 0. The highest BCUT2D eigenvalue weighted by atomic mass is 32.1. The smallest absolute Gasteiger partial charge is 0.211 e. The number of benzene rings is 1. The van der Waals surface area contributed by atoms with Crippen molar-refractivity contribution in [3.05, 3.63) is 40.4 Å². The highest BCUT2D eigenvalue weighted by Gasteiger charge is 2.12. The Hall–Kier alpha value is -2.69. The first kappa shape index (κ1) is 19.1. The Balaban J connectivity index is 1.68. The van der Waals surface area contributed by atoms with Gasteiger partial charge in [-0.3, -0.25) is 0 Å². The fourth-order valence-electron chi connectivity index (χ4n) is 2.71. The van der Waals surface area contributed by atoms with Crippen molar-refractivity contribution >= 4 is 23.0 Å². The summed E-state index contributed by atoms with van der Waals surface area (Å²) in [5.74, 6) is 6.44. The third-order valence-corrected chi connectivity index (χ3v) is 5.62. The maximum Gasteiger partial charge on any atom is 0.211 e. The maximum atomic E-state index is 5.33. The van der Waals surface area contributed by atoms with Crippen LogP contribution in [0.2, 0.25) is 0 Å². The van der Waals surface area contributed by atoms with Crippen molar-refractivity contribution in [3.63, 3.8) is 0 Å². The molecule has 0 radical (unpaired) electrons. The topological polar surface area (TPSA) is 92.9 Å². The molecule has 1 aliphatic heterocycles. The van der Waals surface area contributed by atoms with Gasteiger partial charge in [-0.15, -0.1) is 16.4 Å². The third-order valence-electron chi connectivity index (χ3n) is 4.31. The summed E-state index contributed by atoms with van der Waals surface area (Å²) in [5, 5.41) is 8.70. The first-order valence-electron chi connectivity index (χ1n) is 8.95. The number of hydrogen-bond donors (Lipinski definition) is 2. The zero-order valence-corrected chi connectivity index (χ0v) is 16.5. The van der Waals surface area contributed by atoms with E-state index in [0.717, 1.165) is 45.4 Å². The molecule has 140 valence electrons. The van der Waals surface area contributed by atoms with Crippen molar-refractivity contribution < 1.29 is 0 Å². The van der Waals surface area contributed by atoms with Crippen molar-refractivity contribution in [3.8, 4) is 22.4 Å². The molecule has 4 N–H and O–H groups in total. The van der Waals surface area contributed by atoms with E-state index in [4.69, 9.17) is 11.5 Å². The van der Waals surface area contributed by atoms with Crippen molar-refractivity contribution in [2.24, 2.45) is 21.7 Å². The van der Waals surface area contributed by atoms with Gasteiger partial charge in [0.1, 0.15) is 5.01 Å². The summed E-state index contributed by atoms with van der Waals surface area (Å²) in [6.07, 6.45) is 2.25. The molecule has 1 aliphatic rings. The average molecular weight is 381 g/mol. The molecule has 1 aromatic carbocycles. The molecule has 3 rings (SSSR count). The van der Waals surface area contributed by atoms with Crippen LogP contribution in [0.25, 0.3) is 10.6 Å². The number of thiazole rings is 1. The summed E-state index contributed by atoms with van der Waals surface area (Å²) in [4.78, 5) is 8.06. The lowest BCUT2D eigenvalue weighted by molar-refractivity contribution is 0.186. The quantitative estimate of drug-likeness (QED) is 0.361. The van der Waals surface area contributed by atoms with Crippen molar-refractivity contribution in [2.45, 2.75) is 26.7 Å². The van der Waals surface area contributed by atoms with Crippen LogP contribution in [0.5, 0.6) is 0 Å². The van der Waals surface area contributed by atoms with Gasteiger partial charge in [0.25, 0.3) is 0 Å². The Morgan fingerprint density at radius 3 is 2.59 bits per heavy atom.